The van der Waals surface area contributed by atoms with Gasteiger partial charge in [-0.2, -0.15) is 0 Å². The van der Waals surface area contributed by atoms with Crippen LogP contribution in [-0.2, 0) is 4.79 Å². The second-order valence-electron chi connectivity index (χ2n) is 4.67. The van der Waals surface area contributed by atoms with Crippen LogP contribution in [0.1, 0.15) is 31.5 Å². The Morgan fingerprint density at radius 2 is 2.24 bits per heavy atom. The number of rotatable bonds is 4. The van der Waals surface area contributed by atoms with Gasteiger partial charge in [0.15, 0.2) is 0 Å². The fraction of sp³-hybridized carbons (Fsp3) is 0.583. The minimum Gasteiger partial charge on any atom is -0.359 e. The topological polar surface area (TPSA) is 58.1 Å². The molecular weight excluding hydrogens is 216 g/mol. The number of hydrogen-bond acceptors (Lipinski definition) is 4. The summed E-state index contributed by atoms with van der Waals surface area (Å²) in [7, 11) is 3.49. The van der Waals surface area contributed by atoms with Gasteiger partial charge in [0.25, 0.3) is 0 Å². The van der Waals surface area contributed by atoms with Crippen LogP contribution in [0, 0.1) is 0 Å². The van der Waals surface area contributed by atoms with E-state index in [1.807, 2.05) is 6.92 Å². The van der Waals surface area contributed by atoms with Gasteiger partial charge in [-0.05, 0) is 25.8 Å². The van der Waals surface area contributed by atoms with Gasteiger partial charge in [0.2, 0.25) is 5.91 Å². The first-order valence-corrected chi connectivity index (χ1v) is 5.88. The number of likely N-dealkylation sites (N-methyl/N-ethyl adjacent to an activating group) is 1. The van der Waals surface area contributed by atoms with Crippen molar-refractivity contribution in [2.24, 2.45) is 0 Å². The molecular formula is C12H18N4O. The number of hydrogen-bond donors (Lipinski definition) is 1. The lowest BCUT2D eigenvalue weighted by Crippen LogP contribution is -2.36. The standard InChI is InChI=1S/C12H18N4O/c1-8(12(17)16(2)3)14-10-6-7-13-11(15-10)9-4-5-9/h6-9H,4-5H2,1-3H3,(H,13,14,15)/t8-/m0/s1. The number of amides is 1. The molecule has 0 aromatic carbocycles. The maximum atomic E-state index is 11.7. The van der Waals surface area contributed by atoms with Gasteiger partial charge in [-0.3, -0.25) is 4.79 Å². The molecule has 0 radical (unpaired) electrons. The van der Waals surface area contributed by atoms with E-state index < -0.39 is 0 Å². The van der Waals surface area contributed by atoms with Crippen LogP contribution < -0.4 is 5.32 Å². The molecule has 1 amide bonds. The van der Waals surface area contributed by atoms with Crippen molar-refractivity contribution in [2.45, 2.75) is 31.7 Å². The van der Waals surface area contributed by atoms with Crippen LogP contribution >= 0.6 is 0 Å². The normalized spacial score (nSPS) is 16.4. The first kappa shape index (κ1) is 11.8. The van der Waals surface area contributed by atoms with Crippen molar-refractivity contribution in [3.63, 3.8) is 0 Å². The molecule has 1 N–H and O–H groups in total. The summed E-state index contributed by atoms with van der Waals surface area (Å²) < 4.78 is 0. The van der Waals surface area contributed by atoms with Crippen LogP contribution in [0.4, 0.5) is 5.82 Å². The van der Waals surface area contributed by atoms with E-state index in [1.165, 1.54) is 12.8 Å². The van der Waals surface area contributed by atoms with Crippen molar-refractivity contribution in [1.82, 2.24) is 14.9 Å². The maximum absolute atomic E-state index is 11.7. The zero-order chi connectivity index (χ0) is 12.4. The highest BCUT2D eigenvalue weighted by Gasteiger charge is 2.26. The Bertz CT molecular complexity index is 415. The molecule has 1 heterocycles. The largest absolute Gasteiger partial charge is 0.359 e. The lowest BCUT2D eigenvalue weighted by atomic mass is 10.3. The first-order chi connectivity index (χ1) is 8.08. The summed E-state index contributed by atoms with van der Waals surface area (Å²) in [6, 6.07) is 1.53. The number of aromatic nitrogens is 2. The Morgan fingerprint density at radius 3 is 2.82 bits per heavy atom. The van der Waals surface area contributed by atoms with Crippen LogP contribution in [0.3, 0.4) is 0 Å². The molecule has 5 nitrogen and oxygen atoms in total. The molecule has 17 heavy (non-hydrogen) atoms. The van der Waals surface area contributed by atoms with Gasteiger partial charge in [-0.15, -0.1) is 0 Å². The summed E-state index contributed by atoms with van der Waals surface area (Å²) in [5.41, 5.74) is 0. The van der Waals surface area contributed by atoms with Crippen molar-refractivity contribution in [3.05, 3.63) is 18.1 Å². The van der Waals surface area contributed by atoms with Crippen LogP contribution in [0.25, 0.3) is 0 Å². The molecule has 1 atom stereocenters. The molecule has 2 rings (SSSR count). The van der Waals surface area contributed by atoms with E-state index in [-0.39, 0.29) is 11.9 Å². The fourth-order valence-corrected chi connectivity index (χ4v) is 1.66. The summed E-state index contributed by atoms with van der Waals surface area (Å²) >= 11 is 0. The van der Waals surface area contributed by atoms with Gasteiger partial charge in [0.05, 0.1) is 0 Å². The Morgan fingerprint density at radius 1 is 1.53 bits per heavy atom. The van der Waals surface area contributed by atoms with E-state index in [4.69, 9.17) is 0 Å². The quantitative estimate of drug-likeness (QED) is 0.851. The van der Waals surface area contributed by atoms with E-state index in [1.54, 1.807) is 31.3 Å². The fourth-order valence-electron chi connectivity index (χ4n) is 1.66. The van der Waals surface area contributed by atoms with Gasteiger partial charge < -0.3 is 10.2 Å². The minimum absolute atomic E-state index is 0.0385. The summed E-state index contributed by atoms with van der Waals surface area (Å²) in [4.78, 5) is 21.9. The molecule has 1 aromatic rings. The smallest absolute Gasteiger partial charge is 0.244 e. The SMILES string of the molecule is C[C@H](Nc1ccnc(C2CC2)n1)C(=O)N(C)C. The van der Waals surface area contributed by atoms with Gasteiger partial charge in [0.1, 0.15) is 17.7 Å². The van der Waals surface area contributed by atoms with Gasteiger partial charge in [0, 0.05) is 26.2 Å². The Balaban J connectivity index is 2.02. The highest BCUT2D eigenvalue weighted by Crippen LogP contribution is 2.38. The highest BCUT2D eigenvalue weighted by molar-refractivity contribution is 5.83. The monoisotopic (exact) mass is 234 g/mol. The molecule has 1 aromatic heterocycles. The van der Waals surface area contributed by atoms with Crippen LogP contribution in [0.2, 0.25) is 0 Å². The molecule has 1 aliphatic rings. The van der Waals surface area contributed by atoms with Crippen molar-refractivity contribution in [1.29, 1.82) is 0 Å². The summed E-state index contributed by atoms with van der Waals surface area (Å²) in [6.45, 7) is 1.83. The number of nitrogens with zero attached hydrogens (tertiary/aromatic N) is 3. The third-order valence-electron chi connectivity index (χ3n) is 2.79. The maximum Gasteiger partial charge on any atom is 0.244 e. The van der Waals surface area contributed by atoms with Gasteiger partial charge in [-0.1, -0.05) is 0 Å². The van der Waals surface area contributed by atoms with Crippen LogP contribution in [-0.4, -0.2) is 40.9 Å². The van der Waals surface area contributed by atoms with E-state index >= 15 is 0 Å². The lowest BCUT2D eigenvalue weighted by molar-refractivity contribution is -0.129. The van der Waals surface area contributed by atoms with Crippen molar-refractivity contribution >= 4 is 11.7 Å². The second-order valence-corrected chi connectivity index (χ2v) is 4.67. The van der Waals surface area contributed by atoms with E-state index in [9.17, 15) is 4.79 Å². The predicted octanol–water partition coefficient (Wildman–Crippen LogP) is 1.24. The molecule has 1 saturated carbocycles. The van der Waals surface area contributed by atoms with E-state index in [0.717, 1.165) is 11.6 Å². The van der Waals surface area contributed by atoms with Gasteiger partial charge in [-0.25, -0.2) is 9.97 Å². The molecule has 1 fully saturated rings. The Labute approximate surface area is 101 Å². The number of carbonyl (C=O) groups is 1. The van der Waals surface area contributed by atoms with Crippen molar-refractivity contribution < 1.29 is 4.79 Å². The van der Waals surface area contributed by atoms with Gasteiger partial charge >= 0.3 is 0 Å². The molecule has 0 unspecified atom stereocenters. The first-order valence-electron chi connectivity index (χ1n) is 5.88. The lowest BCUT2D eigenvalue weighted by Gasteiger charge is -2.18. The molecule has 0 bridgehead atoms. The summed E-state index contributed by atoms with van der Waals surface area (Å²) in [5, 5.41) is 3.10. The molecule has 0 saturated heterocycles. The van der Waals surface area contributed by atoms with Crippen LogP contribution in [0.5, 0.6) is 0 Å². The minimum atomic E-state index is -0.271. The highest BCUT2D eigenvalue weighted by atomic mass is 16.2. The Kier molecular flexibility index (Phi) is 3.26. The summed E-state index contributed by atoms with van der Waals surface area (Å²) in [5.74, 6) is 2.18. The van der Waals surface area contributed by atoms with E-state index in [0.29, 0.717) is 5.92 Å². The molecule has 0 aliphatic heterocycles. The Hall–Kier alpha value is -1.65. The average Bonchev–Trinajstić information content (AvgIpc) is 3.12. The zero-order valence-electron chi connectivity index (χ0n) is 10.5. The molecule has 1 aliphatic carbocycles. The van der Waals surface area contributed by atoms with Crippen molar-refractivity contribution in [2.75, 3.05) is 19.4 Å². The number of carbonyl (C=O) groups excluding carboxylic acids is 1. The molecule has 5 heteroatoms. The number of anilines is 1. The third-order valence-corrected chi connectivity index (χ3v) is 2.79. The van der Waals surface area contributed by atoms with Crippen molar-refractivity contribution in [3.8, 4) is 0 Å². The number of nitrogens with one attached hydrogen (secondary N) is 1. The average molecular weight is 234 g/mol. The molecule has 0 spiro atoms. The van der Waals surface area contributed by atoms with Crippen LogP contribution in [0.15, 0.2) is 12.3 Å². The third kappa shape index (κ3) is 2.93. The second kappa shape index (κ2) is 4.69. The zero-order valence-corrected chi connectivity index (χ0v) is 10.5. The van der Waals surface area contributed by atoms with E-state index in [2.05, 4.69) is 15.3 Å². The summed E-state index contributed by atoms with van der Waals surface area (Å²) in [6.07, 6.45) is 4.10. The molecule has 92 valence electrons. The predicted molar refractivity (Wildman–Crippen MR) is 65.8 cm³/mol.